The number of carbonyl (C=O) groups is 1. The summed E-state index contributed by atoms with van der Waals surface area (Å²) in [6, 6.07) is 1.99. The van der Waals surface area contributed by atoms with Crippen molar-refractivity contribution in [2.45, 2.75) is 50.7 Å². The van der Waals surface area contributed by atoms with Crippen molar-refractivity contribution in [3.63, 3.8) is 0 Å². The number of hydrogen-bond donors (Lipinski definition) is 2. The number of aromatic nitrogens is 4. The van der Waals surface area contributed by atoms with Crippen LogP contribution in [0.25, 0.3) is 0 Å². The van der Waals surface area contributed by atoms with Crippen LogP contribution in [0.3, 0.4) is 0 Å². The lowest BCUT2D eigenvalue weighted by molar-refractivity contribution is -0.122. The Morgan fingerprint density at radius 3 is 2.83 bits per heavy atom. The molecule has 0 radical (unpaired) electrons. The van der Waals surface area contributed by atoms with Gasteiger partial charge in [-0.05, 0) is 31.2 Å². The predicted octanol–water partition coefficient (Wildman–Crippen LogP) is 1.65. The Balaban J connectivity index is 1.54. The van der Waals surface area contributed by atoms with Crippen molar-refractivity contribution in [1.82, 2.24) is 25.3 Å². The van der Waals surface area contributed by atoms with E-state index in [9.17, 15) is 4.79 Å². The zero-order valence-electron chi connectivity index (χ0n) is 13.6. The Kier molecular flexibility index (Phi) is 4.15. The number of amides is 1. The first-order chi connectivity index (χ1) is 11.8. The molecule has 4 rings (SSSR count). The van der Waals surface area contributed by atoms with E-state index in [-0.39, 0.29) is 11.9 Å². The predicted molar refractivity (Wildman–Crippen MR) is 89.1 cm³/mol. The molecule has 2 N–H and O–H groups in total. The standard InChI is InChI=1S/C17H22N6O/c24-16(22-11-15-18-8-9-19-15)14-10-12-4-1-2-5-13(12)23(14)17-20-6-3-7-21-17/h3,6-9,12-14H,1-2,4-5,10-11H2,(H,18,19)(H,22,24)/t12-,13-,14+/m1/s1. The molecule has 0 aromatic carbocycles. The van der Waals surface area contributed by atoms with Gasteiger partial charge in [0.2, 0.25) is 11.9 Å². The van der Waals surface area contributed by atoms with Crippen molar-refractivity contribution >= 4 is 11.9 Å². The third-order valence-corrected chi connectivity index (χ3v) is 5.16. The molecule has 2 fully saturated rings. The maximum Gasteiger partial charge on any atom is 0.243 e. The number of anilines is 1. The smallest absolute Gasteiger partial charge is 0.243 e. The Hall–Kier alpha value is -2.44. The minimum Gasteiger partial charge on any atom is -0.347 e. The number of nitrogens with zero attached hydrogens (tertiary/aromatic N) is 4. The van der Waals surface area contributed by atoms with Gasteiger partial charge in [0.1, 0.15) is 11.9 Å². The van der Waals surface area contributed by atoms with Gasteiger partial charge in [0.15, 0.2) is 0 Å². The van der Waals surface area contributed by atoms with E-state index in [1.807, 2.05) is 6.07 Å². The SMILES string of the molecule is O=C(NCc1ncc[nH]1)[C@@H]1C[C@H]2CCCC[C@H]2N1c1ncccn1. The molecule has 3 atom stereocenters. The summed E-state index contributed by atoms with van der Waals surface area (Å²) >= 11 is 0. The molecule has 1 aliphatic carbocycles. The molecule has 0 bridgehead atoms. The maximum absolute atomic E-state index is 12.8. The number of imidazole rings is 1. The van der Waals surface area contributed by atoms with Gasteiger partial charge in [-0.3, -0.25) is 4.79 Å². The number of hydrogen-bond acceptors (Lipinski definition) is 5. The highest BCUT2D eigenvalue weighted by molar-refractivity contribution is 5.85. The summed E-state index contributed by atoms with van der Waals surface area (Å²) in [5, 5.41) is 3.01. The van der Waals surface area contributed by atoms with Gasteiger partial charge in [0.05, 0.1) is 6.54 Å². The maximum atomic E-state index is 12.8. The van der Waals surface area contributed by atoms with Crippen molar-refractivity contribution in [2.75, 3.05) is 4.90 Å². The number of rotatable bonds is 4. The lowest BCUT2D eigenvalue weighted by Gasteiger charge is -2.33. The quantitative estimate of drug-likeness (QED) is 0.892. The van der Waals surface area contributed by atoms with Crippen molar-refractivity contribution in [3.8, 4) is 0 Å². The number of H-pyrrole nitrogens is 1. The molecule has 126 valence electrons. The zero-order valence-corrected chi connectivity index (χ0v) is 13.6. The van der Waals surface area contributed by atoms with Crippen LogP contribution in [0.2, 0.25) is 0 Å². The molecule has 1 amide bonds. The number of nitrogens with one attached hydrogen (secondary N) is 2. The van der Waals surface area contributed by atoms with E-state index < -0.39 is 0 Å². The average Bonchev–Trinajstić information content (AvgIpc) is 3.28. The van der Waals surface area contributed by atoms with Crippen molar-refractivity contribution in [2.24, 2.45) is 5.92 Å². The van der Waals surface area contributed by atoms with E-state index in [0.717, 1.165) is 18.7 Å². The Morgan fingerprint density at radius 2 is 2.04 bits per heavy atom. The van der Waals surface area contributed by atoms with Crippen LogP contribution < -0.4 is 10.2 Å². The monoisotopic (exact) mass is 326 g/mol. The van der Waals surface area contributed by atoms with Gasteiger partial charge in [-0.2, -0.15) is 0 Å². The van der Waals surface area contributed by atoms with Crippen LogP contribution in [0.1, 0.15) is 37.9 Å². The molecule has 0 unspecified atom stereocenters. The minimum atomic E-state index is -0.199. The Bertz CT molecular complexity index is 674. The van der Waals surface area contributed by atoms with Crippen LogP contribution in [-0.4, -0.2) is 37.9 Å². The topological polar surface area (TPSA) is 86.8 Å². The molecule has 2 aromatic rings. The van der Waals surface area contributed by atoms with Gasteiger partial charge < -0.3 is 15.2 Å². The molecular weight excluding hydrogens is 304 g/mol. The van der Waals surface area contributed by atoms with Crippen LogP contribution in [0.4, 0.5) is 5.95 Å². The third kappa shape index (κ3) is 2.86. The van der Waals surface area contributed by atoms with E-state index in [4.69, 9.17) is 0 Å². The summed E-state index contributed by atoms with van der Waals surface area (Å²) in [6.45, 7) is 0.418. The van der Waals surface area contributed by atoms with E-state index in [1.165, 1.54) is 19.3 Å². The molecule has 1 aliphatic heterocycles. The van der Waals surface area contributed by atoms with Crippen LogP contribution >= 0.6 is 0 Å². The minimum absolute atomic E-state index is 0.0354. The van der Waals surface area contributed by atoms with Gasteiger partial charge in [-0.1, -0.05) is 12.8 Å². The summed E-state index contributed by atoms with van der Waals surface area (Å²) in [4.78, 5) is 31.0. The van der Waals surface area contributed by atoms with Gasteiger partial charge >= 0.3 is 0 Å². The van der Waals surface area contributed by atoms with E-state index in [1.54, 1.807) is 24.8 Å². The van der Waals surface area contributed by atoms with E-state index in [2.05, 4.69) is 30.2 Å². The summed E-state index contributed by atoms with van der Waals surface area (Å²) in [7, 11) is 0. The van der Waals surface area contributed by atoms with E-state index in [0.29, 0.717) is 24.5 Å². The lowest BCUT2D eigenvalue weighted by atomic mass is 9.85. The van der Waals surface area contributed by atoms with Crippen molar-refractivity contribution in [3.05, 3.63) is 36.7 Å². The second-order valence-electron chi connectivity index (χ2n) is 6.57. The molecule has 3 heterocycles. The van der Waals surface area contributed by atoms with Crippen LogP contribution in [0.5, 0.6) is 0 Å². The van der Waals surface area contributed by atoms with Crippen molar-refractivity contribution in [1.29, 1.82) is 0 Å². The summed E-state index contributed by atoms with van der Waals surface area (Å²) in [6.07, 6.45) is 12.6. The first-order valence-corrected chi connectivity index (χ1v) is 8.64. The number of aromatic amines is 1. The van der Waals surface area contributed by atoms with Crippen LogP contribution in [0, 0.1) is 5.92 Å². The van der Waals surface area contributed by atoms with Gasteiger partial charge in [-0.25, -0.2) is 15.0 Å². The summed E-state index contributed by atoms with van der Waals surface area (Å²) < 4.78 is 0. The highest BCUT2D eigenvalue weighted by Crippen LogP contribution is 2.41. The molecule has 1 saturated carbocycles. The highest BCUT2D eigenvalue weighted by Gasteiger charge is 2.46. The molecule has 1 saturated heterocycles. The van der Waals surface area contributed by atoms with Gasteiger partial charge in [-0.15, -0.1) is 0 Å². The fraction of sp³-hybridized carbons (Fsp3) is 0.529. The van der Waals surface area contributed by atoms with Gasteiger partial charge in [0, 0.05) is 30.8 Å². The Morgan fingerprint density at radius 1 is 1.21 bits per heavy atom. The normalized spacial score (nSPS) is 26.2. The first kappa shape index (κ1) is 15.1. The zero-order chi connectivity index (χ0) is 16.4. The van der Waals surface area contributed by atoms with Crippen LogP contribution in [0.15, 0.2) is 30.9 Å². The third-order valence-electron chi connectivity index (χ3n) is 5.16. The fourth-order valence-corrected chi connectivity index (χ4v) is 4.09. The number of carbonyl (C=O) groups excluding carboxylic acids is 1. The second-order valence-corrected chi connectivity index (χ2v) is 6.57. The largest absolute Gasteiger partial charge is 0.347 e. The molecule has 24 heavy (non-hydrogen) atoms. The highest BCUT2D eigenvalue weighted by atomic mass is 16.2. The molecule has 0 spiro atoms. The molecule has 7 nitrogen and oxygen atoms in total. The molecular formula is C17H22N6O. The molecule has 2 aliphatic rings. The van der Waals surface area contributed by atoms with Crippen molar-refractivity contribution < 1.29 is 4.79 Å². The lowest BCUT2D eigenvalue weighted by Crippen LogP contribution is -2.47. The fourth-order valence-electron chi connectivity index (χ4n) is 4.09. The molecule has 7 heteroatoms. The average molecular weight is 326 g/mol. The first-order valence-electron chi connectivity index (χ1n) is 8.64. The number of fused-ring (bicyclic) bond motifs is 1. The van der Waals surface area contributed by atoms with Gasteiger partial charge in [0.25, 0.3) is 0 Å². The Labute approximate surface area is 140 Å². The summed E-state index contributed by atoms with van der Waals surface area (Å²) in [5.41, 5.74) is 0. The van der Waals surface area contributed by atoms with E-state index >= 15 is 0 Å². The summed E-state index contributed by atoms with van der Waals surface area (Å²) in [5.74, 6) is 2.03. The molecule has 2 aromatic heterocycles. The second kappa shape index (κ2) is 6.59. The van der Waals surface area contributed by atoms with Crippen LogP contribution in [-0.2, 0) is 11.3 Å².